The van der Waals surface area contributed by atoms with Crippen LogP contribution in [-0.4, -0.2) is 28.1 Å². The highest BCUT2D eigenvalue weighted by atomic mass is 19.1. The van der Waals surface area contributed by atoms with Crippen molar-refractivity contribution < 1.29 is 8.91 Å². The quantitative estimate of drug-likeness (QED) is 0.184. The van der Waals surface area contributed by atoms with E-state index in [1.807, 2.05) is 24.3 Å². The molecule has 0 amide bonds. The average Bonchev–Trinajstić information content (AvgIpc) is 3.35. The van der Waals surface area contributed by atoms with Crippen LogP contribution in [0.3, 0.4) is 0 Å². The molecule has 0 N–H and O–H groups in total. The molecule has 35 heavy (non-hydrogen) atoms. The Kier molecular flexibility index (Phi) is 12.0. The first-order chi connectivity index (χ1) is 17.2. The van der Waals surface area contributed by atoms with E-state index in [2.05, 4.69) is 41.0 Å². The fraction of sp³-hybridized carbons (Fsp3) is 0.533. The highest BCUT2D eigenvalue weighted by molar-refractivity contribution is 5.54. The number of aromatic nitrogens is 2. The van der Waals surface area contributed by atoms with Crippen molar-refractivity contribution in [3.8, 4) is 11.5 Å². The summed E-state index contributed by atoms with van der Waals surface area (Å²) in [6.45, 7) is 6.92. The van der Waals surface area contributed by atoms with E-state index in [4.69, 9.17) is 4.52 Å². The first-order valence-electron chi connectivity index (χ1n) is 13.6. The van der Waals surface area contributed by atoms with E-state index in [0.717, 1.165) is 49.4 Å². The zero-order chi connectivity index (χ0) is 24.7. The van der Waals surface area contributed by atoms with Gasteiger partial charge in [-0.3, -0.25) is 4.90 Å². The highest BCUT2D eigenvalue weighted by Gasteiger charge is 2.11. The summed E-state index contributed by atoms with van der Waals surface area (Å²) in [6, 6.07) is 15.3. The van der Waals surface area contributed by atoms with Crippen molar-refractivity contribution in [2.75, 3.05) is 13.1 Å². The van der Waals surface area contributed by atoms with E-state index in [1.54, 1.807) is 6.07 Å². The van der Waals surface area contributed by atoms with Gasteiger partial charge in [0.25, 0.3) is 5.89 Å². The summed E-state index contributed by atoms with van der Waals surface area (Å²) in [4.78, 5) is 6.97. The van der Waals surface area contributed by atoms with Crippen LogP contribution in [0.4, 0.5) is 4.39 Å². The third kappa shape index (κ3) is 9.56. The van der Waals surface area contributed by atoms with Gasteiger partial charge >= 0.3 is 0 Å². The van der Waals surface area contributed by atoms with Crippen LogP contribution in [-0.2, 0) is 19.4 Å². The molecule has 0 fully saturated rings. The van der Waals surface area contributed by atoms with E-state index in [9.17, 15) is 4.39 Å². The molecule has 190 valence electrons. The number of benzene rings is 2. The van der Waals surface area contributed by atoms with Crippen LogP contribution in [0.15, 0.2) is 53.1 Å². The van der Waals surface area contributed by atoms with Gasteiger partial charge in [0.15, 0.2) is 5.82 Å². The SMILES string of the molecule is CCCCCCCCCCCc1noc(-c2cccc(CN(CC)CCc3ccccc3F)c2)n1. The van der Waals surface area contributed by atoms with Gasteiger partial charge in [0.05, 0.1) is 0 Å². The molecule has 2 aromatic carbocycles. The predicted octanol–water partition coefficient (Wildman–Crippen LogP) is 8.01. The van der Waals surface area contributed by atoms with Crippen LogP contribution in [0.1, 0.15) is 88.6 Å². The van der Waals surface area contributed by atoms with Crippen molar-refractivity contribution >= 4 is 0 Å². The van der Waals surface area contributed by atoms with Crippen molar-refractivity contribution in [3.63, 3.8) is 0 Å². The fourth-order valence-electron chi connectivity index (χ4n) is 4.46. The second kappa shape index (κ2) is 15.5. The zero-order valence-electron chi connectivity index (χ0n) is 21.6. The summed E-state index contributed by atoms with van der Waals surface area (Å²) in [5.74, 6) is 1.26. The maximum absolute atomic E-state index is 14.0. The highest BCUT2D eigenvalue weighted by Crippen LogP contribution is 2.21. The van der Waals surface area contributed by atoms with Gasteiger partial charge in [-0.15, -0.1) is 0 Å². The summed E-state index contributed by atoms with van der Waals surface area (Å²) in [6.07, 6.45) is 13.4. The lowest BCUT2D eigenvalue weighted by Gasteiger charge is -2.20. The molecule has 3 rings (SSSR count). The third-order valence-electron chi connectivity index (χ3n) is 6.65. The minimum atomic E-state index is -0.125. The zero-order valence-corrected chi connectivity index (χ0v) is 21.6. The van der Waals surface area contributed by atoms with Gasteiger partial charge in [0.1, 0.15) is 5.82 Å². The first kappa shape index (κ1) is 27.1. The third-order valence-corrected chi connectivity index (χ3v) is 6.65. The summed E-state index contributed by atoms with van der Waals surface area (Å²) in [7, 11) is 0. The van der Waals surface area contributed by atoms with Gasteiger partial charge in [0, 0.05) is 25.1 Å². The number of unbranched alkanes of at least 4 members (excludes halogenated alkanes) is 8. The number of aryl methyl sites for hydroxylation is 1. The van der Waals surface area contributed by atoms with Crippen molar-refractivity contribution in [1.29, 1.82) is 0 Å². The molecule has 0 aliphatic carbocycles. The molecule has 3 aromatic rings. The van der Waals surface area contributed by atoms with Crippen molar-refractivity contribution in [2.24, 2.45) is 0 Å². The second-order valence-corrected chi connectivity index (χ2v) is 9.50. The summed E-state index contributed by atoms with van der Waals surface area (Å²) >= 11 is 0. The van der Waals surface area contributed by atoms with Crippen LogP contribution in [0.2, 0.25) is 0 Å². The Hall–Kier alpha value is -2.53. The Bertz CT molecular complexity index is 987. The number of likely N-dealkylation sites (N-methyl/N-ethyl adjacent to an activating group) is 1. The van der Waals surface area contributed by atoms with Crippen molar-refractivity contribution in [2.45, 2.75) is 91.0 Å². The summed E-state index contributed by atoms with van der Waals surface area (Å²) < 4.78 is 19.5. The molecule has 5 heteroatoms. The Balaban J connectivity index is 1.44. The molecule has 0 bridgehead atoms. The topological polar surface area (TPSA) is 42.2 Å². The molecule has 0 radical (unpaired) electrons. The maximum Gasteiger partial charge on any atom is 0.257 e. The molecule has 0 atom stereocenters. The van der Waals surface area contributed by atoms with Crippen molar-refractivity contribution in [3.05, 3.63) is 71.3 Å². The Labute approximate surface area is 210 Å². The van der Waals surface area contributed by atoms with E-state index >= 15 is 0 Å². The first-order valence-corrected chi connectivity index (χ1v) is 13.6. The molecule has 0 spiro atoms. The Morgan fingerprint density at radius 1 is 0.829 bits per heavy atom. The van der Waals surface area contributed by atoms with E-state index in [0.29, 0.717) is 12.3 Å². The molecule has 0 unspecified atom stereocenters. The number of nitrogens with zero attached hydrogens (tertiary/aromatic N) is 3. The maximum atomic E-state index is 14.0. The summed E-state index contributed by atoms with van der Waals surface area (Å²) in [5, 5.41) is 4.21. The van der Waals surface area contributed by atoms with Gasteiger partial charge in [-0.1, -0.05) is 101 Å². The molecule has 0 aliphatic heterocycles. The minimum absolute atomic E-state index is 0.125. The van der Waals surface area contributed by atoms with Gasteiger partial charge < -0.3 is 4.52 Å². The predicted molar refractivity (Wildman–Crippen MR) is 142 cm³/mol. The van der Waals surface area contributed by atoms with Crippen LogP contribution >= 0.6 is 0 Å². The minimum Gasteiger partial charge on any atom is -0.334 e. The fourth-order valence-corrected chi connectivity index (χ4v) is 4.46. The molecule has 1 aromatic heterocycles. The monoisotopic (exact) mass is 479 g/mol. The number of hydrogen-bond acceptors (Lipinski definition) is 4. The Morgan fingerprint density at radius 3 is 2.31 bits per heavy atom. The lowest BCUT2D eigenvalue weighted by molar-refractivity contribution is 0.282. The molecule has 0 aliphatic rings. The van der Waals surface area contributed by atoms with E-state index in [1.165, 1.54) is 63.0 Å². The number of rotatable bonds is 17. The average molecular weight is 480 g/mol. The molecule has 4 nitrogen and oxygen atoms in total. The van der Waals surface area contributed by atoms with Crippen LogP contribution in [0, 0.1) is 5.82 Å². The van der Waals surface area contributed by atoms with Gasteiger partial charge in [0.2, 0.25) is 0 Å². The number of hydrogen-bond donors (Lipinski definition) is 0. The molecular weight excluding hydrogens is 437 g/mol. The van der Waals surface area contributed by atoms with Crippen LogP contribution < -0.4 is 0 Å². The second-order valence-electron chi connectivity index (χ2n) is 9.50. The van der Waals surface area contributed by atoms with Crippen molar-refractivity contribution in [1.82, 2.24) is 15.0 Å². The van der Waals surface area contributed by atoms with Gasteiger partial charge in [-0.2, -0.15) is 4.98 Å². The normalized spacial score (nSPS) is 11.4. The molecular formula is C30H42FN3O. The molecule has 0 saturated carbocycles. The lowest BCUT2D eigenvalue weighted by atomic mass is 10.1. The Morgan fingerprint density at radius 2 is 1.57 bits per heavy atom. The van der Waals surface area contributed by atoms with Crippen LogP contribution in [0.5, 0.6) is 0 Å². The largest absolute Gasteiger partial charge is 0.334 e. The molecule has 0 saturated heterocycles. The van der Waals surface area contributed by atoms with Crippen LogP contribution in [0.25, 0.3) is 11.5 Å². The van der Waals surface area contributed by atoms with Gasteiger partial charge in [-0.05, 0) is 48.7 Å². The standard InChI is InChI=1S/C30H42FN3O/c1-3-5-6-7-8-9-10-11-12-20-29-32-30(35-33-29)27-18-15-16-25(23-27)24-34(4-2)22-21-26-17-13-14-19-28(26)31/h13-19,23H,3-12,20-22,24H2,1-2H3. The summed E-state index contributed by atoms with van der Waals surface area (Å²) in [5.41, 5.74) is 2.92. The van der Waals surface area contributed by atoms with Gasteiger partial charge in [-0.25, -0.2) is 4.39 Å². The van der Waals surface area contributed by atoms with E-state index < -0.39 is 0 Å². The van der Waals surface area contributed by atoms with E-state index in [-0.39, 0.29) is 5.82 Å². The smallest absolute Gasteiger partial charge is 0.257 e. The number of halogens is 1. The lowest BCUT2D eigenvalue weighted by Crippen LogP contribution is -2.25. The molecule has 1 heterocycles.